The Hall–Kier alpha value is -1.57. The summed E-state index contributed by atoms with van der Waals surface area (Å²) in [5.41, 5.74) is 0.828. The quantitative estimate of drug-likeness (QED) is 0.794. The minimum atomic E-state index is 0.380. The monoisotopic (exact) mass is 278 g/mol. The second kappa shape index (κ2) is 5.60. The van der Waals surface area contributed by atoms with E-state index in [1.165, 1.54) is 0 Å². The van der Waals surface area contributed by atoms with Gasteiger partial charge in [0.25, 0.3) is 4.84 Å². The molecule has 0 spiro atoms. The molecule has 0 bridgehead atoms. The van der Waals surface area contributed by atoms with E-state index in [1.54, 1.807) is 17.1 Å². The molecule has 3 heterocycles. The lowest BCUT2D eigenvalue weighted by atomic mass is 10.3. The van der Waals surface area contributed by atoms with E-state index >= 15 is 0 Å². The maximum absolute atomic E-state index is 5.51. The first kappa shape index (κ1) is 12.5. The van der Waals surface area contributed by atoms with Crippen LogP contribution in [0.4, 0.5) is 0 Å². The fourth-order valence-electron chi connectivity index (χ4n) is 1.93. The second-order valence-corrected chi connectivity index (χ2v) is 4.64. The predicted octanol–water partition coefficient (Wildman–Crippen LogP) is 1.56. The molecule has 1 fully saturated rings. The van der Waals surface area contributed by atoms with Crippen molar-refractivity contribution in [3.05, 3.63) is 29.4 Å². The molecule has 100 valence electrons. The molecule has 0 unspecified atom stereocenters. The van der Waals surface area contributed by atoms with Crippen LogP contribution in [0.3, 0.4) is 0 Å². The van der Waals surface area contributed by atoms with Crippen molar-refractivity contribution in [1.29, 1.82) is 0 Å². The van der Waals surface area contributed by atoms with Gasteiger partial charge in [0.1, 0.15) is 0 Å². The van der Waals surface area contributed by atoms with Crippen LogP contribution >= 0.6 is 12.2 Å². The average Bonchev–Trinajstić information content (AvgIpc) is 2.82. The lowest BCUT2D eigenvalue weighted by Crippen LogP contribution is -2.37. The maximum atomic E-state index is 5.51. The highest BCUT2D eigenvalue weighted by atomic mass is 32.1. The highest BCUT2D eigenvalue weighted by Gasteiger charge is 2.14. The summed E-state index contributed by atoms with van der Waals surface area (Å²) in [5, 5.41) is 4.40. The molecule has 0 amide bonds. The third kappa shape index (κ3) is 2.89. The van der Waals surface area contributed by atoms with Gasteiger partial charge in [0.2, 0.25) is 5.89 Å². The van der Waals surface area contributed by atoms with E-state index in [1.807, 2.05) is 12.1 Å². The number of pyridine rings is 1. The molecular weight excluding hydrogens is 264 g/mol. The molecule has 7 heteroatoms. The molecule has 1 aliphatic heterocycles. The molecule has 6 nitrogen and oxygen atoms in total. The Bertz CT molecular complexity index is 589. The van der Waals surface area contributed by atoms with Gasteiger partial charge in [-0.15, -0.1) is 5.10 Å². The molecule has 0 saturated carbocycles. The van der Waals surface area contributed by atoms with E-state index in [0.29, 0.717) is 17.4 Å². The third-order valence-electron chi connectivity index (χ3n) is 2.95. The van der Waals surface area contributed by atoms with Crippen molar-refractivity contribution in [3.63, 3.8) is 0 Å². The van der Waals surface area contributed by atoms with Crippen LogP contribution in [0.5, 0.6) is 0 Å². The summed E-state index contributed by atoms with van der Waals surface area (Å²) in [7, 11) is 0. The van der Waals surface area contributed by atoms with Crippen molar-refractivity contribution < 1.29 is 9.15 Å². The maximum Gasteiger partial charge on any atom is 0.288 e. The zero-order chi connectivity index (χ0) is 13.1. The van der Waals surface area contributed by atoms with Gasteiger partial charge in [-0.25, -0.2) is 4.68 Å². The van der Waals surface area contributed by atoms with Crippen molar-refractivity contribution in [3.8, 4) is 11.5 Å². The molecule has 2 aromatic heterocycles. The van der Waals surface area contributed by atoms with Gasteiger partial charge in [-0.3, -0.25) is 9.88 Å². The molecule has 0 radical (unpaired) electrons. The van der Waals surface area contributed by atoms with Crippen molar-refractivity contribution in [1.82, 2.24) is 19.7 Å². The molecule has 3 rings (SSSR count). The van der Waals surface area contributed by atoms with Crippen molar-refractivity contribution in [2.24, 2.45) is 0 Å². The number of rotatable bonds is 3. The number of nitrogens with zero attached hydrogens (tertiary/aromatic N) is 4. The Morgan fingerprint density at radius 3 is 2.89 bits per heavy atom. The first-order valence-corrected chi connectivity index (χ1v) is 6.52. The molecule has 2 aromatic rings. The van der Waals surface area contributed by atoms with Gasteiger partial charge >= 0.3 is 0 Å². The van der Waals surface area contributed by atoms with E-state index in [-0.39, 0.29) is 0 Å². The van der Waals surface area contributed by atoms with Crippen LogP contribution in [0.1, 0.15) is 0 Å². The minimum absolute atomic E-state index is 0.380. The number of ether oxygens (including phenoxy) is 1. The molecule has 0 atom stereocenters. The van der Waals surface area contributed by atoms with Gasteiger partial charge in [-0.1, -0.05) is 0 Å². The Labute approximate surface area is 115 Å². The van der Waals surface area contributed by atoms with Crippen molar-refractivity contribution in [2.45, 2.75) is 6.67 Å². The van der Waals surface area contributed by atoms with E-state index in [9.17, 15) is 0 Å². The Morgan fingerprint density at radius 1 is 1.32 bits per heavy atom. The second-order valence-electron chi connectivity index (χ2n) is 4.29. The summed E-state index contributed by atoms with van der Waals surface area (Å²) in [6.07, 6.45) is 3.42. The fourth-order valence-corrected chi connectivity index (χ4v) is 2.11. The zero-order valence-electron chi connectivity index (χ0n) is 10.4. The van der Waals surface area contributed by atoms with Crippen molar-refractivity contribution >= 4 is 12.2 Å². The summed E-state index contributed by atoms with van der Waals surface area (Å²) in [5.74, 6) is 0.506. The number of morpholine rings is 1. The SMILES string of the molecule is S=c1oc(-c2cccnc2)nn1CN1CCOCC1. The van der Waals surface area contributed by atoms with Crippen LogP contribution in [-0.2, 0) is 11.4 Å². The fraction of sp³-hybridized carbons (Fsp3) is 0.417. The Balaban J connectivity index is 1.79. The third-order valence-corrected chi connectivity index (χ3v) is 3.25. The van der Waals surface area contributed by atoms with E-state index in [4.69, 9.17) is 21.4 Å². The lowest BCUT2D eigenvalue weighted by molar-refractivity contribution is 0.0206. The first-order valence-electron chi connectivity index (χ1n) is 6.11. The molecule has 1 aliphatic rings. The molecule has 0 N–H and O–H groups in total. The van der Waals surface area contributed by atoms with Crippen LogP contribution in [0.2, 0.25) is 0 Å². The van der Waals surface area contributed by atoms with Crippen LogP contribution in [0, 0.1) is 4.84 Å². The summed E-state index contributed by atoms with van der Waals surface area (Å²) < 4.78 is 12.5. The van der Waals surface area contributed by atoms with E-state index < -0.39 is 0 Å². The highest BCUT2D eigenvalue weighted by molar-refractivity contribution is 7.71. The van der Waals surface area contributed by atoms with Gasteiger partial charge in [0.05, 0.1) is 25.4 Å². The molecule has 0 aromatic carbocycles. The average molecular weight is 278 g/mol. The van der Waals surface area contributed by atoms with E-state index in [2.05, 4.69) is 15.0 Å². The Kier molecular flexibility index (Phi) is 3.67. The number of hydrogen-bond donors (Lipinski definition) is 0. The van der Waals surface area contributed by atoms with Gasteiger partial charge in [-0.2, -0.15) is 0 Å². The normalized spacial score (nSPS) is 16.6. The zero-order valence-corrected chi connectivity index (χ0v) is 11.2. The molecular formula is C12H14N4O2S. The van der Waals surface area contributed by atoms with Crippen molar-refractivity contribution in [2.75, 3.05) is 26.3 Å². The van der Waals surface area contributed by atoms with Gasteiger partial charge < -0.3 is 9.15 Å². The van der Waals surface area contributed by atoms with Crippen LogP contribution in [-0.4, -0.2) is 46.0 Å². The van der Waals surface area contributed by atoms with Crippen LogP contribution < -0.4 is 0 Å². The first-order chi connectivity index (χ1) is 9.33. The molecule has 19 heavy (non-hydrogen) atoms. The highest BCUT2D eigenvalue weighted by Crippen LogP contribution is 2.16. The topological polar surface area (TPSA) is 56.3 Å². The van der Waals surface area contributed by atoms with Gasteiger partial charge in [0.15, 0.2) is 0 Å². The predicted molar refractivity (Wildman–Crippen MR) is 71.0 cm³/mol. The summed E-state index contributed by atoms with van der Waals surface area (Å²) >= 11 is 5.20. The smallest absolute Gasteiger partial charge is 0.288 e. The Morgan fingerprint density at radius 2 is 2.16 bits per heavy atom. The van der Waals surface area contributed by atoms with Gasteiger partial charge in [0, 0.05) is 25.5 Å². The largest absolute Gasteiger partial charge is 0.409 e. The summed E-state index contributed by atoms with van der Waals surface area (Å²) in [6.45, 7) is 3.90. The summed E-state index contributed by atoms with van der Waals surface area (Å²) in [6, 6.07) is 3.74. The number of hydrogen-bond acceptors (Lipinski definition) is 6. The number of aromatic nitrogens is 3. The molecule has 0 aliphatic carbocycles. The van der Waals surface area contributed by atoms with Crippen LogP contribution in [0.25, 0.3) is 11.5 Å². The lowest BCUT2D eigenvalue weighted by Gasteiger charge is -2.25. The van der Waals surface area contributed by atoms with Gasteiger partial charge in [-0.05, 0) is 24.4 Å². The van der Waals surface area contributed by atoms with E-state index in [0.717, 1.165) is 31.9 Å². The minimum Gasteiger partial charge on any atom is -0.409 e. The summed E-state index contributed by atoms with van der Waals surface area (Å²) in [4.78, 5) is 6.66. The standard InChI is InChI=1S/C12H14N4O2S/c19-12-16(9-15-4-6-17-7-5-15)14-11(18-12)10-2-1-3-13-8-10/h1-3,8H,4-7,9H2. The molecule has 1 saturated heterocycles. The van der Waals surface area contributed by atoms with Crippen LogP contribution in [0.15, 0.2) is 28.9 Å².